The molecular weight excluding hydrogens is 726 g/mol. The fourth-order valence-corrected chi connectivity index (χ4v) is 5.69. The standard InChI is InChI=1S/C16H9IN2.C14H7IO2.C2H8N2/c17-10-5-6-12-11-3-1-2-4-13(11)15-16(14(12)9-10)19-8-7-18-15;15-8-5-6-10-9-3-1-2-4-11(9)13(16)14(17)12(10)7-8;3-1-2-4/h1-9H;1-7H;1-4H2. The van der Waals surface area contributed by atoms with Crippen molar-refractivity contribution < 1.29 is 9.59 Å². The number of benzene rings is 5. The SMILES string of the molecule is Ic1ccc2c3ccccc3c3nccnc3c2c1.NCCN.O=C1C(=O)c2cc(I)ccc2-c2ccccc21. The fourth-order valence-electron chi connectivity index (χ4n) is 4.70. The van der Waals surface area contributed by atoms with Crippen LogP contribution in [0.15, 0.2) is 97.3 Å². The Morgan fingerprint density at radius 1 is 0.525 bits per heavy atom. The average molecular weight is 750 g/mol. The first-order chi connectivity index (χ1) is 19.4. The molecule has 0 fully saturated rings. The molecule has 1 aliphatic carbocycles. The quantitative estimate of drug-likeness (QED) is 0.109. The lowest BCUT2D eigenvalue weighted by molar-refractivity contribution is 0.0815. The van der Waals surface area contributed by atoms with E-state index in [0.29, 0.717) is 24.2 Å². The molecule has 0 aliphatic heterocycles. The maximum Gasteiger partial charge on any atom is 0.234 e. The molecule has 40 heavy (non-hydrogen) atoms. The number of Topliss-reactive ketones (excluding diaryl/α,β-unsaturated/α-hetero) is 2. The van der Waals surface area contributed by atoms with Crippen LogP contribution in [0, 0.1) is 7.14 Å². The number of nitrogens with zero attached hydrogens (tertiary/aromatic N) is 2. The lowest BCUT2D eigenvalue weighted by Crippen LogP contribution is -2.21. The van der Waals surface area contributed by atoms with Gasteiger partial charge >= 0.3 is 0 Å². The summed E-state index contributed by atoms with van der Waals surface area (Å²) in [6.45, 7) is 1.19. The van der Waals surface area contributed by atoms with E-state index in [9.17, 15) is 9.59 Å². The minimum Gasteiger partial charge on any atom is -0.329 e. The van der Waals surface area contributed by atoms with Crippen LogP contribution in [-0.4, -0.2) is 34.6 Å². The summed E-state index contributed by atoms with van der Waals surface area (Å²) in [5, 5.41) is 4.82. The Morgan fingerprint density at radius 2 is 1.02 bits per heavy atom. The van der Waals surface area contributed by atoms with Crippen molar-refractivity contribution >= 4 is 89.3 Å². The minimum absolute atomic E-state index is 0.405. The first kappa shape index (κ1) is 28.2. The summed E-state index contributed by atoms with van der Waals surface area (Å²) < 4.78 is 2.18. The molecule has 7 rings (SSSR count). The molecule has 4 N–H and O–H groups in total. The average Bonchev–Trinajstić information content (AvgIpc) is 3.00. The normalized spacial score (nSPS) is 11.8. The number of hydrogen-bond donors (Lipinski definition) is 2. The molecule has 8 heteroatoms. The van der Waals surface area contributed by atoms with Gasteiger partial charge in [0.1, 0.15) is 0 Å². The van der Waals surface area contributed by atoms with Crippen LogP contribution in [0.4, 0.5) is 0 Å². The second-order valence-corrected chi connectivity index (χ2v) is 11.5. The van der Waals surface area contributed by atoms with Gasteiger partial charge in [-0.15, -0.1) is 0 Å². The van der Waals surface area contributed by atoms with Crippen molar-refractivity contribution in [3.63, 3.8) is 0 Å². The molecule has 6 aromatic rings. The molecule has 1 heterocycles. The Hall–Kier alpha value is -3.32. The van der Waals surface area contributed by atoms with Crippen molar-refractivity contribution in [2.24, 2.45) is 11.5 Å². The highest BCUT2D eigenvalue weighted by Gasteiger charge is 2.29. The van der Waals surface area contributed by atoms with E-state index in [2.05, 4.69) is 97.6 Å². The van der Waals surface area contributed by atoms with Gasteiger partial charge in [-0.3, -0.25) is 19.6 Å². The van der Waals surface area contributed by atoms with Crippen LogP contribution in [0.25, 0.3) is 43.7 Å². The highest BCUT2D eigenvalue weighted by molar-refractivity contribution is 14.1. The van der Waals surface area contributed by atoms with Gasteiger partial charge in [0.15, 0.2) is 0 Å². The van der Waals surface area contributed by atoms with E-state index in [0.717, 1.165) is 25.7 Å². The second kappa shape index (κ2) is 12.5. The minimum atomic E-state index is -0.407. The third-order valence-corrected chi connectivity index (χ3v) is 7.81. The van der Waals surface area contributed by atoms with E-state index < -0.39 is 11.6 Å². The Balaban J connectivity index is 0.000000144. The van der Waals surface area contributed by atoms with Gasteiger partial charge in [0.2, 0.25) is 11.6 Å². The molecule has 0 unspecified atom stereocenters. The molecule has 198 valence electrons. The van der Waals surface area contributed by atoms with Gasteiger partial charge in [0.05, 0.1) is 11.0 Å². The number of halogens is 2. The molecule has 0 atom stereocenters. The maximum atomic E-state index is 12.0. The number of hydrogen-bond acceptors (Lipinski definition) is 6. The summed E-state index contributed by atoms with van der Waals surface area (Å²) in [5.41, 5.74) is 14.5. The van der Waals surface area contributed by atoms with Crippen molar-refractivity contribution in [1.29, 1.82) is 0 Å². The molecule has 0 saturated heterocycles. The smallest absolute Gasteiger partial charge is 0.234 e. The number of nitrogens with two attached hydrogens (primary N) is 2. The Bertz CT molecular complexity index is 1870. The highest BCUT2D eigenvalue weighted by Crippen LogP contribution is 2.35. The molecule has 6 nitrogen and oxygen atoms in total. The molecular formula is C32H24I2N4O2. The zero-order valence-electron chi connectivity index (χ0n) is 21.3. The van der Waals surface area contributed by atoms with Crippen LogP contribution >= 0.6 is 45.2 Å². The van der Waals surface area contributed by atoms with Crippen molar-refractivity contribution in [2.75, 3.05) is 13.1 Å². The first-order valence-electron chi connectivity index (χ1n) is 12.5. The molecule has 0 saturated carbocycles. The van der Waals surface area contributed by atoms with Crippen LogP contribution in [0.5, 0.6) is 0 Å². The van der Waals surface area contributed by atoms with Gasteiger partial charge in [-0.25, -0.2) is 0 Å². The highest BCUT2D eigenvalue weighted by atomic mass is 127. The van der Waals surface area contributed by atoms with Crippen LogP contribution in [0.3, 0.4) is 0 Å². The summed E-state index contributed by atoms with van der Waals surface area (Å²) in [6, 6.07) is 27.7. The van der Waals surface area contributed by atoms with E-state index >= 15 is 0 Å². The predicted octanol–water partition coefficient (Wildman–Crippen LogP) is 6.78. The largest absolute Gasteiger partial charge is 0.329 e. The zero-order valence-corrected chi connectivity index (χ0v) is 25.6. The number of aromatic nitrogens is 2. The van der Waals surface area contributed by atoms with Gasteiger partial charge in [-0.05, 0) is 91.3 Å². The predicted molar refractivity (Wildman–Crippen MR) is 179 cm³/mol. The topological polar surface area (TPSA) is 112 Å². The van der Waals surface area contributed by atoms with Crippen molar-refractivity contribution in [3.05, 3.63) is 116 Å². The number of carbonyl (C=O) groups excluding carboxylic acids is 2. The van der Waals surface area contributed by atoms with Crippen LogP contribution in [0.2, 0.25) is 0 Å². The lowest BCUT2D eigenvalue weighted by atomic mass is 9.84. The summed E-state index contributed by atoms with van der Waals surface area (Å²) >= 11 is 4.48. The Morgan fingerprint density at radius 3 is 1.73 bits per heavy atom. The summed E-state index contributed by atoms with van der Waals surface area (Å²) in [4.78, 5) is 33.0. The van der Waals surface area contributed by atoms with E-state index in [1.165, 1.54) is 25.1 Å². The van der Waals surface area contributed by atoms with Gasteiger partial charge in [-0.1, -0.05) is 60.7 Å². The molecule has 0 radical (unpaired) electrons. The maximum absolute atomic E-state index is 12.0. The second-order valence-electron chi connectivity index (χ2n) is 8.96. The van der Waals surface area contributed by atoms with Crippen molar-refractivity contribution in [1.82, 2.24) is 9.97 Å². The van der Waals surface area contributed by atoms with Gasteiger partial charge < -0.3 is 11.5 Å². The van der Waals surface area contributed by atoms with Gasteiger partial charge in [-0.2, -0.15) is 0 Å². The van der Waals surface area contributed by atoms with Crippen molar-refractivity contribution in [2.45, 2.75) is 0 Å². The number of carbonyl (C=O) groups is 2. The van der Waals surface area contributed by atoms with Gasteiger partial charge in [0, 0.05) is 54.5 Å². The van der Waals surface area contributed by atoms with Crippen molar-refractivity contribution in [3.8, 4) is 11.1 Å². The number of rotatable bonds is 1. The Labute approximate surface area is 258 Å². The number of ketones is 2. The van der Waals surface area contributed by atoms with E-state index in [4.69, 9.17) is 11.5 Å². The first-order valence-corrected chi connectivity index (χ1v) is 14.7. The summed E-state index contributed by atoms with van der Waals surface area (Å²) in [5.74, 6) is -0.813. The summed E-state index contributed by atoms with van der Waals surface area (Å²) in [7, 11) is 0. The van der Waals surface area contributed by atoms with Crippen LogP contribution < -0.4 is 11.5 Å². The summed E-state index contributed by atoms with van der Waals surface area (Å²) in [6.07, 6.45) is 3.52. The molecule has 0 amide bonds. The Kier molecular flexibility index (Phi) is 8.79. The fraction of sp³-hybridized carbons (Fsp3) is 0.0625. The molecule has 5 aromatic carbocycles. The van der Waals surface area contributed by atoms with E-state index in [1.54, 1.807) is 30.6 Å². The third-order valence-electron chi connectivity index (χ3n) is 6.47. The van der Waals surface area contributed by atoms with Crippen LogP contribution in [-0.2, 0) is 0 Å². The third kappa shape index (κ3) is 5.49. The monoisotopic (exact) mass is 750 g/mol. The number of fused-ring (bicyclic) bond motifs is 9. The van der Waals surface area contributed by atoms with Gasteiger partial charge in [0.25, 0.3) is 0 Å². The van der Waals surface area contributed by atoms with Crippen LogP contribution in [0.1, 0.15) is 20.7 Å². The lowest BCUT2D eigenvalue weighted by Gasteiger charge is -2.17. The molecule has 0 bridgehead atoms. The molecule has 1 aromatic heterocycles. The van der Waals surface area contributed by atoms with E-state index in [-0.39, 0.29) is 0 Å². The molecule has 0 spiro atoms. The zero-order chi connectivity index (χ0) is 28.2. The molecule has 1 aliphatic rings. The van der Waals surface area contributed by atoms with E-state index in [1.807, 2.05) is 24.3 Å².